The minimum absolute atomic E-state index is 0.0646. The molecule has 2 fully saturated rings. The third kappa shape index (κ3) is 26.3. The van der Waals surface area contributed by atoms with Crippen LogP contribution >= 0.6 is 0 Å². The second-order valence-corrected chi connectivity index (χ2v) is 18.3. The van der Waals surface area contributed by atoms with Gasteiger partial charge in [0.25, 0.3) is 0 Å². The van der Waals surface area contributed by atoms with Crippen molar-refractivity contribution in [2.45, 2.75) is 268 Å². The monoisotopic (exact) mass is 919 g/mol. The van der Waals surface area contributed by atoms with Crippen LogP contribution in [0.15, 0.2) is 12.2 Å². The minimum Gasteiger partial charge on any atom is -0.457 e. The fraction of sp³-hybridized carbons (Fsp3) is 0.940. The van der Waals surface area contributed by atoms with E-state index in [4.69, 9.17) is 28.4 Å². The van der Waals surface area contributed by atoms with Gasteiger partial charge >= 0.3 is 5.97 Å². The van der Waals surface area contributed by atoms with Gasteiger partial charge in [-0.15, -0.1) is 0 Å². The third-order valence-electron chi connectivity index (χ3n) is 12.5. The quantitative estimate of drug-likeness (QED) is 0.0180. The lowest BCUT2D eigenvalue weighted by molar-refractivity contribution is -0.332. The highest BCUT2D eigenvalue weighted by molar-refractivity contribution is 5.69. The van der Waals surface area contributed by atoms with Crippen molar-refractivity contribution in [3.05, 3.63) is 12.2 Å². The summed E-state index contributed by atoms with van der Waals surface area (Å²) in [5, 5.41) is 72.0. The summed E-state index contributed by atoms with van der Waals surface area (Å²) in [4.78, 5) is 13.0. The van der Waals surface area contributed by atoms with Gasteiger partial charge in [-0.3, -0.25) is 4.79 Å². The zero-order valence-corrected chi connectivity index (χ0v) is 40.0. The van der Waals surface area contributed by atoms with Gasteiger partial charge in [-0.05, 0) is 38.5 Å². The van der Waals surface area contributed by atoms with Crippen LogP contribution in [0, 0.1) is 0 Å². The van der Waals surface area contributed by atoms with Gasteiger partial charge in [-0.1, -0.05) is 167 Å². The second kappa shape index (κ2) is 38.7. The Kier molecular flexibility index (Phi) is 35.6. The van der Waals surface area contributed by atoms with Crippen molar-refractivity contribution in [1.82, 2.24) is 0 Å². The molecule has 0 spiro atoms. The maximum atomic E-state index is 13.0. The average Bonchev–Trinajstić information content (AvgIpc) is 3.29. The Morgan fingerprint density at radius 1 is 0.500 bits per heavy atom. The van der Waals surface area contributed by atoms with Gasteiger partial charge in [0, 0.05) is 13.0 Å². The molecule has 7 N–H and O–H groups in total. The molecular formula is C50H94O14. The molecule has 0 aromatic heterocycles. The first kappa shape index (κ1) is 58.9. The molecule has 11 atom stereocenters. The standard InChI is InChI=1S/C50H94O14/c1-3-5-7-9-11-13-15-16-17-18-19-20-21-22-24-26-28-30-32-34-59-36-39(62-42(52)33-31-29-27-25-23-14-12-10-8-6-4-2)37-60-49-48(58)46(56)44(54)41(64-49)38-61-50-47(57)45(55)43(53)40(35-51)63-50/h17-18,39-41,43-51,53-58H,3-16,19-38H2,1-2H3/b18-17-. The van der Waals surface area contributed by atoms with Crippen LogP contribution in [0.1, 0.15) is 200 Å². The van der Waals surface area contributed by atoms with Gasteiger partial charge in [0.2, 0.25) is 0 Å². The Hall–Kier alpha value is -1.27. The highest BCUT2D eigenvalue weighted by Gasteiger charge is 2.47. The molecule has 2 aliphatic heterocycles. The lowest BCUT2D eigenvalue weighted by Crippen LogP contribution is -2.61. The molecule has 14 heteroatoms. The van der Waals surface area contributed by atoms with Gasteiger partial charge in [0.05, 0.1) is 26.4 Å². The summed E-state index contributed by atoms with van der Waals surface area (Å²) >= 11 is 0. The first-order valence-electron chi connectivity index (χ1n) is 25.8. The molecule has 2 rings (SSSR count). The fourth-order valence-corrected chi connectivity index (χ4v) is 8.28. The lowest BCUT2D eigenvalue weighted by Gasteiger charge is -2.42. The van der Waals surface area contributed by atoms with E-state index in [0.29, 0.717) is 13.0 Å². The highest BCUT2D eigenvalue weighted by Crippen LogP contribution is 2.26. The number of hydrogen-bond donors (Lipinski definition) is 7. The number of ether oxygens (including phenoxy) is 6. The average molecular weight is 919 g/mol. The van der Waals surface area contributed by atoms with E-state index in [1.165, 1.54) is 135 Å². The molecule has 0 saturated carbocycles. The number of aliphatic hydroxyl groups excluding tert-OH is 7. The predicted octanol–water partition coefficient (Wildman–Crippen LogP) is 7.46. The Morgan fingerprint density at radius 3 is 1.42 bits per heavy atom. The molecule has 0 aromatic rings. The van der Waals surface area contributed by atoms with Gasteiger partial charge in [-0.2, -0.15) is 0 Å². The van der Waals surface area contributed by atoms with Crippen molar-refractivity contribution >= 4 is 5.97 Å². The summed E-state index contributed by atoms with van der Waals surface area (Å²) in [5.74, 6) is -0.376. The van der Waals surface area contributed by atoms with Crippen LogP contribution in [-0.4, -0.2) is 142 Å². The number of unbranched alkanes of at least 4 members (excludes halogenated alkanes) is 25. The molecule has 64 heavy (non-hydrogen) atoms. The molecule has 2 aliphatic rings. The Labute approximate surface area is 386 Å². The molecule has 0 aliphatic carbocycles. The predicted molar refractivity (Wildman–Crippen MR) is 247 cm³/mol. The lowest BCUT2D eigenvalue weighted by atomic mass is 9.98. The molecule has 2 saturated heterocycles. The molecule has 0 bridgehead atoms. The number of allylic oxidation sites excluding steroid dienone is 2. The maximum Gasteiger partial charge on any atom is 0.306 e. The number of esters is 1. The van der Waals surface area contributed by atoms with E-state index in [-0.39, 0.29) is 25.6 Å². The first-order chi connectivity index (χ1) is 31.1. The zero-order valence-electron chi connectivity index (χ0n) is 40.0. The van der Waals surface area contributed by atoms with E-state index in [0.717, 1.165) is 38.5 Å². The summed E-state index contributed by atoms with van der Waals surface area (Å²) in [5.41, 5.74) is 0. The Balaban J connectivity index is 1.74. The van der Waals surface area contributed by atoms with Crippen LogP contribution in [0.4, 0.5) is 0 Å². The summed E-state index contributed by atoms with van der Waals surface area (Å²) in [6.45, 7) is 3.69. The largest absolute Gasteiger partial charge is 0.457 e. The minimum atomic E-state index is -1.70. The molecule has 14 nitrogen and oxygen atoms in total. The van der Waals surface area contributed by atoms with Crippen LogP contribution in [0.3, 0.4) is 0 Å². The number of aliphatic hydroxyl groups is 7. The topological polar surface area (TPSA) is 214 Å². The number of carbonyl (C=O) groups excluding carboxylic acids is 1. The molecule has 0 amide bonds. The smallest absolute Gasteiger partial charge is 0.306 e. The number of hydrogen-bond acceptors (Lipinski definition) is 14. The van der Waals surface area contributed by atoms with E-state index in [1.54, 1.807) is 0 Å². The van der Waals surface area contributed by atoms with E-state index < -0.39 is 80.7 Å². The van der Waals surface area contributed by atoms with Crippen LogP contribution in [0.25, 0.3) is 0 Å². The summed E-state index contributed by atoms with van der Waals surface area (Å²) < 4.78 is 34.2. The van der Waals surface area contributed by atoms with E-state index in [9.17, 15) is 40.5 Å². The summed E-state index contributed by atoms with van der Waals surface area (Å²) in [7, 11) is 0. The van der Waals surface area contributed by atoms with Gasteiger partial charge < -0.3 is 64.2 Å². The molecule has 0 radical (unpaired) electrons. The van der Waals surface area contributed by atoms with Crippen LogP contribution in [0.2, 0.25) is 0 Å². The van der Waals surface area contributed by atoms with E-state index in [1.807, 2.05) is 0 Å². The summed E-state index contributed by atoms with van der Waals surface area (Å²) in [6.07, 6.45) is 22.8. The van der Waals surface area contributed by atoms with Crippen LogP contribution in [-0.2, 0) is 33.2 Å². The van der Waals surface area contributed by atoms with Crippen molar-refractivity contribution in [2.24, 2.45) is 0 Å². The maximum absolute atomic E-state index is 13.0. The zero-order chi connectivity index (χ0) is 46.6. The highest BCUT2D eigenvalue weighted by atomic mass is 16.7. The van der Waals surface area contributed by atoms with Crippen LogP contribution in [0.5, 0.6) is 0 Å². The molecule has 0 aromatic carbocycles. The van der Waals surface area contributed by atoms with Crippen molar-refractivity contribution in [2.75, 3.05) is 33.0 Å². The summed E-state index contributed by atoms with van der Waals surface area (Å²) in [6, 6.07) is 0. The van der Waals surface area contributed by atoms with Gasteiger partial charge in [-0.25, -0.2) is 0 Å². The molecule has 11 unspecified atom stereocenters. The van der Waals surface area contributed by atoms with E-state index >= 15 is 0 Å². The Bertz CT molecular complexity index is 1110. The normalized spacial score (nSPS) is 26.8. The van der Waals surface area contributed by atoms with Crippen molar-refractivity contribution in [1.29, 1.82) is 0 Å². The van der Waals surface area contributed by atoms with E-state index in [2.05, 4.69) is 26.0 Å². The third-order valence-corrected chi connectivity index (χ3v) is 12.5. The molecular weight excluding hydrogens is 825 g/mol. The first-order valence-corrected chi connectivity index (χ1v) is 25.8. The second-order valence-electron chi connectivity index (χ2n) is 18.3. The van der Waals surface area contributed by atoms with Gasteiger partial charge in [0.1, 0.15) is 54.9 Å². The number of rotatable bonds is 41. The Morgan fingerprint density at radius 2 is 0.922 bits per heavy atom. The van der Waals surface area contributed by atoms with Crippen LogP contribution < -0.4 is 0 Å². The number of carbonyl (C=O) groups is 1. The van der Waals surface area contributed by atoms with Crippen molar-refractivity contribution < 1.29 is 69.0 Å². The SMILES string of the molecule is CCCCCCCCC/C=C\CCCCCCCCCCOCC(COC1OC(COC2OC(CO)C(O)C(O)C2O)C(O)C(O)C1O)OC(=O)CCCCCCCCCCCCC. The fourth-order valence-electron chi connectivity index (χ4n) is 8.28. The van der Waals surface area contributed by atoms with Crippen molar-refractivity contribution in [3.8, 4) is 0 Å². The van der Waals surface area contributed by atoms with Gasteiger partial charge in [0.15, 0.2) is 12.6 Å². The molecule has 2 heterocycles. The molecule has 378 valence electrons. The van der Waals surface area contributed by atoms with Crippen molar-refractivity contribution in [3.63, 3.8) is 0 Å².